The van der Waals surface area contributed by atoms with E-state index in [0.29, 0.717) is 31.1 Å². The van der Waals surface area contributed by atoms with Crippen molar-refractivity contribution in [3.05, 3.63) is 35.4 Å². The van der Waals surface area contributed by atoms with Gasteiger partial charge in [0.05, 0.1) is 18.2 Å². The van der Waals surface area contributed by atoms with E-state index in [1.165, 1.54) is 12.8 Å². The molecule has 0 aromatic heterocycles. The van der Waals surface area contributed by atoms with Gasteiger partial charge in [0.25, 0.3) is 5.91 Å². The first-order valence-electron chi connectivity index (χ1n) is 9.72. The molecule has 1 saturated heterocycles. The molecule has 144 valence electrons. The second-order valence-corrected chi connectivity index (χ2v) is 8.27. The van der Waals surface area contributed by atoms with Crippen LogP contribution in [0.15, 0.2) is 24.3 Å². The van der Waals surface area contributed by atoms with Crippen LogP contribution in [0.5, 0.6) is 0 Å². The van der Waals surface area contributed by atoms with Crippen molar-refractivity contribution >= 4 is 5.91 Å². The van der Waals surface area contributed by atoms with Crippen LogP contribution >= 0.6 is 0 Å². The zero-order chi connectivity index (χ0) is 18.6. The molecule has 2 atom stereocenters. The van der Waals surface area contributed by atoms with E-state index in [2.05, 4.69) is 5.32 Å². The van der Waals surface area contributed by atoms with Gasteiger partial charge in [-0.15, -0.1) is 0 Å². The molecule has 0 unspecified atom stereocenters. The van der Waals surface area contributed by atoms with Gasteiger partial charge in [0, 0.05) is 18.8 Å². The molecule has 1 amide bonds. The zero-order valence-corrected chi connectivity index (χ0v) is 15.9. The first-order valence-corrected chi connectivity index (χ1v) is 9.72. The normalized spacial score (nSPS) is 23.7. The largest absolute Gasteiger partial charge is 0.390 e. The van der Waals surface area contributed by atoms with Gasteiger partial charge >= 0.3 is 0 Å². The van der Waals surface area contributed by atoms with Gasteiger partial charge in [-0.3, -0.25) is 4.79 Å². The van der Waals surface area contributed by atoms with Gasteiger partial charge in [0.1, 0.15) is 6.10 Å². The van der Waals surface area contributed by atoms with Crippen molar-refractivity contribution in [2.45, 2.75) is 63.7 Å². The van der Waals surface area contributed by atoms with E-state index < -0.39 is 5.60 Å². The number of carbonyl (C=O) groups excluding carboxylic acids is 1. The van der Waals surface area contributed by atoms with E-state index in [9.17, 15) is 9.90 Å². The van der Waals surface area contributed by atoms with Gasteiger partial charge < -0.3 is 19.9 Å². The van der Waals surface area contributed by atoms with Crippen molar-refractivity contribution in [2.75, 3.05) is 19.8 Å². The number of aryl methyl sites for hydroxylation is 1. The lowest BCUT2D eigenvalue weighted by atomic mass is 9.98. The predicted molar refractivity (Wildman–Crippen MR) is 100 cm³/mol. The summed E-state index contributed by atoms with van der Waals surface area (Å²) in [4.78, 5) is 12.6. The first-order chi connectivity index (χ1) is 12.4. The molecular formula is C21H31NO4. The second kappa shape index (κ2) is 8.51. The van der Waals surface area contributed by atoms with Crippen molar-refractivity contribution in [1.82, 2.24) is 5.32 Å². The highest BCUT2D eigenvalue weighted by molar-refractivity contribution is 5.94. The Bertz CT molecular complexity index is 589. The molecule has 1 aromatic rings. The summed E-state index contributed by atoms with van der Waals surface area (Å²) in [5, 5.41) is 12.9. The van der Waals surface area contributed by atoms with Crippen molar-refractivity contribution in [3.8, 4) is 0 Å². The lowest BCUT2D eigenvalue weighted by Gasteiger charge is -2.32. The van der Waals surface area contributed by atoms with Crippen LogP contribution in [0.3, 0.4) is 0 Å². The maximum Gasteiger partial charge on any atom is 0.251 e. The molecule has 1 aliphatic heterocycles. The molecule has 2 N–H and O–H groups in total. The third-order valence-corrected chi connectivity index (χ3v) is 5.11. The number of amides is 1. The Labute approximate surface area is 156 Å². The molecule has 1 saturated carbocycles. The molecule has 1 heterocycles. The van der Waals surface area contributed by atoms with E-state index in [-0.39, 0.29) is 18.1 Å². The number of nitrogens with one attached hydrogen (secondary N) is 1. The fourth-order valence-corrected chi connectivity index (χ4v) is 3.11. The van der Waals surface area contributed by atoms with Crippen molar-refractivity contribution in [3.63, 3.8) is 0 Å². The highest BCUT2D eigenvalue weighted by Crippen LogP contribution is 2.30. The van der Waals surface area contributed by atoms with Crippen molar-refractivity contribution in [1.29, 1.82) is 0 Å². The van der Waals surface area contributed by atoms with Crippen LogP contribution in [0.2, 0.25) is 0 Å². The lowest BCUT2D eigenvalue weighted by molar-refractivity contribution is -0.0697. The van der Waals surface area contributed by atoms with Gasteiger partial charge in [-0.05, 0) is 69.6 Å². The zero-order valence-electron chi connectivity index (χ0n) is 15.9. The average Bonchev–Trinajstić information content (AvgIpc) is 3.43. The minimum absolute atomic E-state index is 0.00450. The number of ether oxygens (including phenoxy) is 2. The number of aliphatic hydroxyl groups is 1. The van der Waals surface area contributed by atoms with Gasteiger partial charge in [0.2, 0.25) is 0 Å². The first kappa shape index (κ1) is 19.3. The van der Waals surface area contributed by atoms with Crippen LogP contribution in [-0.4, -0.2) is 48.6 Å². The number of carbonyl (C=O) groups is 1. The maximum atomic E-state index is 12.6. The van der Waals surface area contributed by atoms with E-state index in [1.54, 1.807) is 0 Å². The predicted octanol–water partition coefficient (Wildman–Crippen LogP) is 2.70. The van der Waals surface area contributed by atoms with Crippen molar-refractivity contribution < 1.29 is 19.4 Å². The highest BCUT2D eigenvalue weighted by Gasteiger charge is 2.30. The smallest absolute Gasteiger partial charge is 0.251 e. The summed E-state index contributed by atoms with van der Waals surface area (Å²) in [6, 6.07) is 7.64. The van der Waals surface area contributed by atoms with Gasteiger partial charge in [-0.1, -0.05) is 12.1 Å². The molecule has 0 spiro atoms. The quantitative estimate of drug-likeness (QED) is 0.747. The molecule has 1 aliphatic carbocycles. The van der Waals surface area contributed by atoms with E-state index in [4.69, 9.17) is 9.47 Å². The summed E-state index contributed by atoms with van der Waals surface area (Å²) in [5.41, 5.74) is 1.11. The van der Waals surface area contributed by atoms with Crippen LogP contribution in [-0.2, 0) is 15.9 Å². The Hall–Kier alpha value is -1.43. The summed E-state index contributed by atoms with van der Waals surface area (Å²) in [6.45, 7) is 5.60. The van der Waals surface area contributed by atoms with Crippen LogP contribution in [0.4, 0.5) is 0 Å². The molecular weight excluding hydrogens is 330 g/mol. The Morgan fingerprint density at radius 2 is 2.00 bits per heavy atom. The SMILES string of the molecule is CC(C)(O)CCc1ccc(C(=O)N[C@@H]2CCOC[C@H]2OCC2CC2)cc1. The summed E-state index contributed by atoms with van der Waals surface area (Å²) < 4.78 is 11.5. The fourth-order valence-electron chi connectivity index (χ4n) is 3.11. The van der Waals surface area contributed by atoms with E-state index in [1.807, 2.05) is 38.1 Å². The van der Waals surface area contributed by atoms with Crippen LogP contribution in [0.25, 0.3) is 0 Å². The summed E-state index contributed by atoms with van der Waals surface area (Å²) >= 11 is 0. The lowest BCUT2D eigenvalue weighted by Crippen LogP contribution is -2.50. The number of hydrogen-bond acceptors (Lipinski definition) is 4. The number of benzene rings is 1. The summed E-state index contributed by atoms with van der Waals surface area (Å²) in [5.74, 6) is 0.635. The highest BCUT2D eigenvalue weighted by atomic mass is 16.5. The molecule has 1 aromatic carbocycles. The Morgan fingerprint density at radius 1 is 1.27 bits per heavy atom. The Balaban J connectivity index is 1.52. The standard InChI is InChI=1S/C21H31NO4/c1-21(2,24)11-9-15-5-7-17(8-6-15)20(23)22-18-10-12-25-14-19(18)26-13-16-3-4-16/h5-8,16,18-19,24H,3-4,9-14H2,1-2H3,(H,22,23)/t18-,19-/m1/s1. The Morgan fingerprint density at radius 3 is 2.65 bits per heavy atom. The third kappa shape index (κ3) is 6.08. The molecule has 0 radical (unpaired) electrons. The summed E-state index contributed by atoms with van der Waals surface area (Å²) in [7, 11) is 0. The molecule has 2 fully saturated rings. The topological polar surface area (TPSA) is 67.8 Å². The molecule has 26 heavy (non-hydrogen) atoms. The third-order valence-electron chi connectivity index (χ3n) is 5.11. The van der Waals surface area contributed by atoms with E-state index >= 15 is 0 Å². The maximum absolute atomic E-state index is 12.6. The average molecular weight is 361 g/mol. The van der Waals surface area contributed by atoms with Gasteiger partial charge in [-0.2, -0.15) is 0 Å². The number of hydrogen-bond donors (Lipinski definition) is 2. The minimum atomic E-state index is -0.672. The molecule has 0 bridgehead atoms. The fraction of sp³-hybridized carbons (Fsp3) is 0.667. The Kier molecular flexibility index (Phi) is 6.33. The van der Waals surface area contributed by atoms with Crippen LogP contribution < -0.4 is 5.32 Å². The minimum Gasteiger partial charge on any atom is -0.390 e. The van der Waals surface area contributed by atoms with Crippen molar-refractivity contribution in [2.24, 2.45) is 5.92 Å². The molecule has 2 aliphatic rings. The van der Waals surface area contributed by atoms with Crippen LogP contribution in [0, 0.1) is 5.92 Å². The van der Waals surface area contributed by atoms with Gasteiger partial charge in [0.15, 0.2) is 0 Å². The summed E-state index contributed by atoms with van der Waals surface area (Å²) in [6.07, 6.45) is 4.72. The molecule has 5 nitrogen and oxygen atoms in total. The molecule has 3 rings (SSSR count). The second-order valence-electron chi connectivity index (χ2n) is 8.27. The number of rotatable bonds is 8. The van der Waals surface area contributed by atoms with Crippen LogP contribution in [0.1, 0.15) is 55.5 Å². The molecule has 5 heteroatoms. The van der Waals surface area contributed by atoms with Gasteiger partial charge in [-0.25, -0.2) is 0 Å². The monoisotopic (exact) mass is 361 g/mol. The van der Waals surface area contributed by atoms with E-state index in [0.717, 1.165) is 25.0 Å².